The fourth-order valence-corrected chi connectivity index (χ4v) is 3.03. The van der Waals surface area contributed by atoms with E-state index < -0.39 is 0 Å². The van der Waals surface area contributed by atoms with Crippen molar-refractivity contribution in [2.24, 2.45) is 0 Å². The molecule has 146 valence electrons. The molecule has 29 heavy (non-hydrogen) atoms. The first kappa shape index (κ1) is 20.4. The third-order valence-corrected chi connectivity index (χ3v) is 4.73. The number of nitriles is 1. The average Bonchev–Trinajstić information content (AvgIpc) is 2.73. The van der Waals surface area contributed by atoms with E-state index in [0.717, 1.165) is 0 Å². The summed E-state index contributed by atoms with van der Waals surface area (Å²) in [6.45, 7) is 0.125. The van der Waals surface area contributed by atoms with Crippen molar-refractivity contribution in [3.05, 3.63) is 75.2 Å². The first-order chi connectivity index (χ1) is 13.9. The Morgan fingerprint density at radius 1 is 1.21 bits per heavy atom. The van der Waals surface area contributed by atoms with Gasteiger partial charge in [-0.2, -0.15) is 5.26 Å². The maximum Gasteiger partial charge on any atom is 0.231 e. The minimum absolute atomic E-state index is 0.0968. The highest BCUT2D eigenvalue weighted by molar-refractivity contribution is 6.35. The van der Waals surface area contributed by atoms with E-state index in [1.54, 1.807) is 18.2 Å². The molecule has 9 heteroatoms. The van der Waals surface area contributed by atoms with Crippen LogP contribution in [0.25, 0.3) is 0 Å². The summed E-state index contributed by atoms with van der Waals surface area (Å²) < 4.78 is 10.8. The summed E-state index contributed by atoms with van der Waals surface area (Å²) in [6, 6.07) is 8.48. The number of ether oxygens (including phenoxy) is 2. The maximum absolute atomic E-state index is 9.24. The third-order valence-electron chi connectivity index (χ3n) is 4.08. The molecule has 0 saturated heterocycles. The molecule has 0 bridgehead atoms. The van der Waals surface area contributed by atoms with E-state index in [-0.39, 0.29) is 23.8 Å². The molecule has 2 aromatic heterocycles. The molecule has 3 aromatic rings. The van der Waals surface area contributed by atoms with Gasteiger partial charge in [0.05, 0.1) is 22.9 Å². The van der Waals surface area contributed by atoms with Crippen LogP contribution in [0.5, 0.6) is 11.6 Å². The van der Waals surface area contributed by atoms with Gasteiger partial charge in [0, 0.05) is 41.0 Å². The van der Waals surface area contributed by atoms with E-state index in [1.807, 2.05) is 6.07 Å². The molecule has 0 radical (unpaired) electrons. The minimum Gasteiger partial charge on any atom is -0.489 e. The van der Waals surface area contributed by atoms with Crippen molar-refractivity contribution in [2.75, 3.05) is 12.8 Å². The molecule has 0 fully saturated rings. The number of pyridine rings is 2. The van der Waals surface area contributed by atoms with Gasteiger partial charge in [-0.1, -0.05) is 23.2 Å². The lowest BCUT2D eigenvalue weighted by molar-refractivity contribution is 0.306. The van der Waals surface area contributed by atoms with Crippen LogP contribution in [0.4, 0.5) is 5.69 Å². The fourth-order valence-electron chi connectivity index (χ4n) is 2.56. The Kier molecular flexibility index (Phi) is 6.17. The number of nitrogens with one attached hydrogen (secondary N) is 1. The van der Waals surface area contributed by atoms with Gasteiger partial charge in [0.1, 0.15) is 24.0 Å². The lowest BCUT2D eigenvalue weighted by Gasteiger charge is -2.13. The topological polar surface area (TPSA) is 118 Å². The van der Waals surface area contributed by atoms with Crippen LogP contribution in [-0.4, -0.2) is 22.8 Å². The molecule has 0 atom stereocenters. The maximum atomic E-state index is 9.24. The number of aromatic nitrogens is 2. The number of nitrogens with two attached hydrogens (primary N) is 1. The summed E-state index contributed by atoms with van der Waals surface area (Å²) in [6.07, 6.45) is 4.42. The second-order valence-electron chi connectivity index (χ2n) is 5.89. The lowest BCUT2D eigenvalue weighted by Crippen LogP contribution is -2.08. The second kappa shape index (κ2) is 8.78. The Morgan fingerprint density at radius 2 is 1.93 bits per heavy atom. The van der Waals surface area contributed by atoms with Gasteiger partial charge in [-0.3, -0.25) is 10.4 Å². The van der Waals surface area contributed by atoms with Crippen molar-refractivity contribution in [3.8, 4) is 17.7 Å². The summed E-state index contributed by atoms with van der Waals surface area (Å²) in [5, 5.41) is 18.5. The molecule has 2 heterocycles. The molecule has 0 unspecified atom stereocenters. The number of nitrogen functional groups attached to an aromatic ring is 1. The van der Waals surface area contributed by atoms with Crippen molar-refractivity contribution >= 4 is 34.6 Å². The van der Waals surface area contributed by atoms with E-state index in [9.17, 15) is 5.26 Å². The fraction of sp³-hybridized carbons (Fsp3) is 0.100. The van der Waals surface area contributed by atoms with Crippen molar-refractivity contribution in [3.63, 3.8) is 0 Å². The molecule has 0 saturated carbocycles. The average molecular weight is 428 g/mol. The second-order valence-corrected chi connectivity index (χ2v) is 6.70. The van der Waals surface area contributed by atoms with Gasteiger partial charge >= 0.3 is 0 Å². The van der Waals surface area contributed by atoms with Crippen molar-refractivity contribution in [2.45, 2.75) is 6.61 Å². The summed E-state index contributed by atoms with van der Waals surface area (Å²) in [5.74, 6) is 0.671. The van der Waals surface area contributed by atoms with Crippen LogP contribution in [0, 0.1) is 16.7 Å². The molecule has 1 aromatic carbocycles. The minimum atomic E-state index is 0.0968. The number of rotatable bonds is 6. The highest BCUT2D eigenvalue weighted by atomic mass is 35.5. The number of hydrogen-bond acceptors (Lipinski definition) is 7. The van der Waals surface area contributed by atoms with Crippen LogP contribution in [0.3, 0.4) is 0 Å². The van der Waals surface area contributed by atoms with Crippen LogP contribution in [-0.2, 0) is 6.61 Å². The van der Waals surface area contributed by atoms with Gasteiger partial charge in [-0.25, -0.2) is 4.98 Å². The van der Waals surface area contributed by atoms with Gasteiger partial charge in [-0.05, 0) is 24.3 Å². The predicted octanol–water partition coefficient (Wildman–Crippen LogP) is 4.24. The predicted molar refractivity (Wildman–Crippen MR) is 111 cm³/mol. The standard InChI is InChI=1S/C20H15Cl2N5O2/c1-28-20-11(6-23)4-12(7-27-20)19(25)14-5-13(2-3-18(14)24)29-10-15-16(21)8-26-9-17(15)22/h2-5,7-9,25H,10,24H2,1H3. The van der Waals surface area contributed by atoms with Crippen LogP contribution in [0.1, 0.15) is 22.3 Å². The van der Waals surface area contributed by atoms with Crippen molar-refractivity contribution in [1.82, 2.24) is 9.97 Å². The number of methoxy groups -OCH3 is 1. The number of hydrogen-bond donors (Lipinski definition) is 2. The van der Waals surface area contributed by atoms with Crippen molar-refractivity contribution < 1.29 is 9.47 Å². The SMILES string of the molecule is COc1ncc(C(=N)c2cc(OCc3c(Cl)cncc3Cl)ccc2N)cc1C#N. The van der Waals surface area contributed by atoms with Gasteiger partial charge < -0.3 is 15.2 Å². The Bertz CT molecular complexity index is 1110. The van der Waals surface area contributed by atoms with Crippen LogP contribution < -0.4 is 15.2 Å². The van der Waals surface area contributed by atoms with E-state index >= 15 is 0 Å². The molecule has 0 aliphatic rings. The summed E-state index contributed by atoms with van der Waals surface area (Å²) >= 11 is 12.2. The van der Waals surface area contributed by atoms with Crippen LogP contribution >= 0.6 is 23.2 Å². The molecule has 3 rings (SSSR count). The third kappa shape index (κ3) is 4.40. The van der Waals surface area contributed by atoms with Gasteiger partial charge in [0.2, 0.25) is 5.88 Å². The van der Waals surface area contributed by atoms with Crippen molar-refractivity contribution in [1.29, 1.82) is 10.7 Å². The zero-order valence-electron chi connectivity index (χ0n) is 15.2. The molecular weight excluding hydrogens is 413 g/mol. The van der Waals surface area contributed by atoms with E-state index in [4.69, 9.17) is 43.8 Å². The largest absolute Gasteiger partial charge is 0.489 e. The monoisotopic (exact) mass is 427 g/mol. The van der Waals surface area contributed by atoms with Crippen LogP contribution in [0.15, 0.2) is 42.9 Å². The Balaban J connectivity index is 1.87. The first-order valence-corrected chi connectivity index (χ1v) is 9.03. The number of nitrogens with zero attached hydrogens (tertiary/aromatic N) is 3. The first-order valence-electron chi connectivity index (χ1n) is 8.28. The summed E-state index contributed by atoms with van der Waals surface area (Å²) in [4.78, 5) is 7.98. The number of anilines is 1. The normalized spacial score (nSPS) is 10.3. The molecular formula is C20H15Cl2N5O2. The highest BCUT2D eigenvalue weighted by Gasteiger charge is 2.14. The van der Waals surface area contributed by atoms with E-state index in [2.05, 4.69) is 9.97 Å². The van der Waals surface area contributed by atoms with E-state index in [1.165, 1.54) is 31.8 Å². The molecule has 3 N–H and O–H groups in total. The zero-order chi connectivity index (χ0) is 21.0. The lowest BCUT2D eigenvalue weighted by atomic mass is 10.0. The van der Waals surface area contributed by atoms with Gasteiger partial charge in [0.15, 0.2) is 0 Å². The van der Waals surface area contributed by atoms with Crippen LogP contribution in [0.2, 0.25) is 10.0 Å². The van der Waals surface area contributed by atoms with Gasteiger partial charge in [-0.15, -0.1) is 0 Å². The van der Waals surface area contributed by atoms with Gasteiger partial charge in [0.25, 0.3) is 0 Å². The Labute approximate surface area is 177 Å². The molecule has 0 spiro atoms. The molecule has 7 nitrogen and oxygen atoms in total. The summed E-state index contributed by atoms with van der Waals surface area (Å²) in [5.41, 5.74) is 8.22. The smallest absolute Gasteiger partial charge is 0.231 e. The molecule has 0 aliphatic carbocycles. The highest BCUT2D eigenvalue weighted by Crippen LogP contribution is 2.27. The Morgan fingerprint density at radius 3 is 2.59 bits per heavy atom. The zero-order valence-corrected chi connectivity index (χ0v) is 16.8. The summed E-state index contributed by atoms with van der Waals surface area (Å²) in [7, 11) is 1.42. The quantitative estimate of drug-likeness (QED) is 0.448. The number of halogens is 2. The number of benzene rings is 1. The molecule has 0 aliphatic heterocycles. The van der Waals surface area contributed by atoms with E-state index in [0.29, 0.717) is 38.2 Å². The Hall–Kier alpha value is -3.34. The molecule has 0 amide bonds.